The minimum Gasteiger partial charge on any atom is -0.478 e. The molecule has 0 spiro atoms. The fourth-order valence-electron chi connectivity index (χ4n) is 1.14. The van der Waals surface area contributed by atoms with Gasteiger partial charge in [-0.2, -0.15) is 0 Å². The summed E-state index contributed by atoms with van der Waals surface area (Å²) in [5.74, 6) is 0.123. The molecule has 1 rings (SSSR count). The molecule has 80 valence electrons. The van der Waals surface area contributed by atoms with E-state index in [4.69, 9.17) is 5.11 Å². The SMILES string of the molecule is C=CCCCSc1cccc(C(=O)O)c1. The molecular formula is C12H14O2S. The van der Waals surface area contributed by atoms with Gasteiger partial charge < -0.3 is 5.11 Å². The molecule has 0 aliphatic carbocycles. The summed E-state index contributed by atoms with van der Waals surface area (Å²) in [5, 5.41) is 8.80. The summed E-state index contributed by atoms with van der Waals surface area (Å²) in [5.41, 5.74) is 0.351. The molecule has 1 N–H and O–H groups in total. The minimum absolute atomic E-state index is 0.351. The van der Waals surface area contributed by atoms with E-state index in [0.29, 0.717) is 5.56 Å². The predicted molar refractivity (Wildman–Crippen MR) is 63.6 cm³/mol. The Morgan fingerprint density at radius 1 is 1.53 bits per heavy atom. The number of hydrogen-bond donors (Lipinski definition) is 1. The Morgan fingerprint density at radius 2 is 2.33 bits per heavy atom. The molecule has 0 bridgehead atoms. The largest absolute Gasteiger partial charge is 0.478 e. The molecule has 1 aromatic rings. The molecule has 0 aliphatic rings. The van der Waals surface area contributed by atoms with Gasteiger partial charge in [-0.3, -0.25) is 0 Å². The summed E-state index contributed by atoms with van der Waals surface area (Å²) in [7, 11) is 0. The second kappa shape index (κ2) is 6.30. The lowest BCUT2D eigenvalue weighted by Gasteiger charge is -2.01. The third-order valence-electron chi connectivity index (χ3n) is 1.90. The summed E-state index contributed by atoms with van der Waals surface area (Å²) < 4.78 is 0. The Bertz CT molecular complexity index is 347. The van der Waals surface area contributed by atoms with E-state index in [2.05, 4.69) is 6.58 Å². The summed E-state index contributed by atoms with van der Waals surface area (Å²) in [4.78, 5) is 11.7. The average Bonchev–Trinajstić information content (AvgIpc) is 2.25. The molecule has 0 heterocycles. The van der Waals surface area contributed by atoms with Crippen molar-refractivity contribution in [3.05, 3.63) is 42.5 Å². The predicted octanol–water partition coefficient (Wildman–Crippen LogP) is 3.44. The molecule has 0 aliphatic heterocycles. The van der Waals surface area contributed by atoms with Gasteiger partial charge in [0.05, 0.1) is 5.56 Å². The number of carboxylic acid groups (broad SMARTS) is 1. The molecule has 0 fully saturated rings. The third kappa shape index (κ3) is 4.21. The van der Waals surface area contributed by atoms with Crippen LogP contribution in [0.2, 0.25) is 0 Å². The summed E-state index contributed by atoms with van der Waals surface area (Å²) in [6.07, 6.45) is 3.98. The van der Waals surface area contributed by atoms with Gasteiger partial charge in [-0.05, 0) is 36.8 Å². The highest BCUT2D eigenvalue weighted by Gasteiger charge is 2.02. The fourth-order valence-corrected chi connectivity index (χ4v) is 2.07. The van der Waals surface area contributed by atoms with Gasteiger partial charge >= 0.3 is 5.97 Å². The molecule has 0 amide bonds. The highest BCUT2D eigenvalue weighted by atomic mass is 32.2. The van der Waals surface area contributed by atoms with E-state index in [9.17, 15) is 4.79 Å². The number of unbranched alkanes of at least 4 members (excludes halogenated alkanes) is 1. The van der Waals surface area contributed by atoms with E-state index < -0.39 is 5.97 Å². The van der Waals surface area contributed by atoms with Gasteiger partial charge in [-0.15, -0.1) is 18.3 Å². The number of carboxylic acids is 1. The quantitative estimate of drug-likeness (QED) is 0.455. The van der Waals surface area contributed by atoms with Crippen LogP contribution >= 0.6 is 11.8 Å². The zero-order chi connectivity index (χ0) is 11.1. The number of benzene rings is 1. The lowest BCUT2D eigenvalue weighted by atomic mass is 10.2. The lowest BCUT2D eigenvalue weighted by molar-refractivity contribution is 0.0696. The van der Waals surface area contributed by atoms with Crippen molar-refractivity contribution in [2.45, 2.75) is 17.7 Å². The number of rotatable bonds is 6. The molecule has 3 heteroatoms. The van der Waals surface area contributed by atoms with Crippen LogP contribution in [0.5, 0.6) is 0 Å². The zero-order valence-electron chi connectivity index (χ0n) is 8.48. The molecule has 0 aromatic heterocycles. The van der Waals surface area contributed by atoms with Crippen molar-refractivity contribution in [3.8, 4) is 0 Å². The summed E-state index contributed by atoms with van der Waals surface area (Å²) >= 11 is 1.68. The first-order chi connectivity index (χ1) is 7.24. The fraction of sp³-hybridized carbons (Fsp3) is 0.250. The Kier molecular flexibility index (Phi) is 4.98. The molecule has 15 heavy (non-hydrogen) atoms. The van der Waals surface area contributed by atoms with Crippen molar-refractivity contribution in [1.82, 2.24) is 0 Å². The van der Waals surface area contributed by atoms with Crippen molar-refractivity contribution in [2.75, 3.05) is 5.75 Å². The molecule has 0 saturated carbocycles. The number of allylic oxidation sites excluding steroid dienone is 1. The first-order valence-corrected chi connectivity index (χ1v) is 5.79. The van der Waals surface area contributed by atoms with E-state index in [1.165, 1.54) is 0 Å². The van der Waals surface area contributed by atoms with Gasteiger partial charge in [0.1, 0.15) is 0 Å². The first-order valence-electron chi connectivity index (χ1n) is 4.81. The van der Waals surface area contributed by atoms with Crippen LogP contribution in [0.25, 0.3) is 0 Å². The van der Waals surface area contributed by atoms with Crippen molar-refractivity contribution in [2.24, 2.45) is 0 Å². The first kappa shape index (κ1) is 11.9. The Labute approximate surface area is 94.0 Å². The number of thioether (sulfide) groups is 1. The Morgan fingerprint density at radius 3 is 3.00 bits per heavy atom. The van der Waals surface area contributed by atoms with Gasteiger partial charge in [0.25, 0.3) is 0 Å². The van der Waals surface area contributed by atoms with Crippen molar-refractivity contribution < 1.29 is 9.90 Å². The van der Waals surface area contributed by atoms with Crippen molar-refractivity contribution in [1.29, 1.82) is 0 Å². The van der Waals surface area contributed by atoms with E-state index in [0.717, 1.165) is 23.5 Å². The highest BCUT2D eigenvalue weighted by molar-refractivity contribution is 7.99. The Hall–Kier alpha value is -1.22. The van der Waals surface area contributed by atoms with E-state index >= 15 is 0 Å². The van der Waals surface area contributed by atoms with Crippen LogP contribution in [-0.2, 0) is 0 Å². The van der Waals surface area contributed by atoms with Crippen molar-refractivity contribution in [3.63, 3.8) is 0 Å². The van der Waals surface area contributed by atoms with Crippen LogP contribution in [0.4, 0.5) is 0 Å². The van der Waals surface area contributed by atoms with Crippen LogP contribution in [-0.4, -0.2) is 16.8 Å². The van der Waals surface area contributed by atoms with Crippen LogP contribution in [0.3, 0.4) is 0 Å². The number of hydrogen-bond acceptors (Lipinski definition) is 2. The summed E-state index contributed by atoms with van der Waals surface area (Å²) in [6, 6.07) is 7.03. The molecule has 2 nitrogen and oxygen atoms in total. The standard InChI is InChI=1S/C12H14O2S/c1-2-3-4-8-15-11-7-5-6-10(9-11)12(13)14/h2,5-7,9H,1,3-4,8H2,(H,13,14). The smallest absolute Gasteiger partial charge is 0.335 e. The minimum atomic E-state index is -0.872. The van der Waals surface area contributed by atoms with Crippen LogP contribution in [0.1, 0.15) is 23.2 Å². The number of carbonyl (C=O) groups is 1. The van der Waals surface area contributed by atoms with Gasteiger partial charge in [0.2, 0.25) is 0 Å². The van der Waals surface area contributed by atoms with Crippen molar-refractivity contribution >= 4 is 17.7 Å². The van der Waals surface area contributed by atoms with Crippen LogP contribution in [0, 0.1) is 0 Å². The summed E-state index contributed by atoms with van der Waals surface area (Å²) in [6.45, 7) is 3.66. The van der Waals surface area contributed by atoms with E-state index in [-0.39, 0.29) is 0 Å². The normalized spacial score (nSPS) is 9.87. The molecular weight excluding hydrogens is 208 g/mol. The lowest BCUT2D eigenvalue weighted by Crippen LogP contribution is -1.95. The second-order valence-corrected chi connectivity index (χ2v) is 4.28. The second-order valence-electron chi connectivity index (χ2n) is 3.11. The maximum Gasteiger partial charge on any atom is 0.335 e. The van der Waals surface area contributed by atoms with Gasteiger partial charge in [0.15, 0.2) is 0 Å². The third-order valence-corrected chi connectivity index (χ3v) is 2.98. The monoisotopic (exact) mass is 222 g/mol. The maximum absolute atomic E-state index is 10.7. The molecule has 1 aromatic carbocycles. The highest BCUT2D eigenvalue weighted by Crippen LogP contribution is 2.20. The van der Waals surface area contributed by atoms with Crippen LogP contribution < -0.4 is 0 Å². The molecule has 0 radical (unpaired) electrons. The van der Waals surface area contributed by atoms with Gasteiger partial charge in [0, 0.05) is 4.90 Å². The zero-order valence-corrected chi connectivity index (χ0v) is 9.30. The average molecular weight is 222 g/mol. The van der Waals surface area contributed by atoms with E-state index in [1.54, 1.807) is 30.0 Å². The van der Waals surface area contributed by atoms with Crippen LogP contribution in [0.15, 0.2) is 41.8 Å². The molecule has 0 saturated heterocycles. The van der Waals surface area contributed by atoms with Gasteiger partial charge in [-0.25, -0.2) is 4.79 Å². The molecule has 0 unspecified atom stereocenters. The number of aromatic carboxylic acids is 1. The molecule has 0 atom stereocenters. The maximum atomic E-state index is 10.7. The van der Waals surface area contributed by atoms with E-state index in [1.807, 2.05) is 12.1 Å². The Balaban J connectivity index is 2.50. The van der Waals surface area contributed by atoms with Gasteiger partial charge in [-0.1, -0.05) is 12.1 Å². The topological polar surface area (TPSA) is 37.3 Å².